The van der Waals surface area contributed by atoms with Gasteiger partial charge < -0.3 is 5.32 Å². The number of benzene rings is 2. The van der Waals surface area contributed by atoms with E-state index >= 15 is 0 Å². The molecule has 128 valence electrons. The van der Waals surface area contributed by atoms with Gasteiger partial charge in [-0.1, -0.05) is 60.7 Å². The summed E-state index contributed by atoms with van der Waals surface area (Å²) in [5.74, 6) is -0.402. The minimum Gasteiger partial charge on any atom is -0.345 e. The molecule has 0 saturated carbocycles. The van der Waals surface area contributed by atoms with E-state index in [9.17, 15) is 10.1 Å². The first-order valence-electron chi connectivity index (χ1n) is 8.16. The lowest BCUT2D eigenvalue weighted by atomic mass is 10.1. The van der Waals surface area contributed by atoms with Crippen LogP contribution in [0.4, 0.5) is 0 Å². The maximum absolute atomic E-state index is 12.4. The summed E-state index contributed by atoms with van der Waals surface area (Å²) < 4.78 is 0. The van der Waals surface area contributed by atoms with Crippen LogP contribution in [0.25, 0.3) is 17.3 Å². The van der Waals surface area contributed by atoms with E-state index in [1.165, 1.54) is 17.4 Å². The van der Waals surface area contributed by atoms with Crippen LogP contribution in [0.2, 0.25) is 0 Å². The van der Waals surface area contributed by atoms with Gasteiger partial charge in [0.2, 0.25) is 0 Å². The molecule has 0 spiro atoms. The van der Waals surface area contributed by atoms with Gasteiger partial charge in [0.1, 0.15) is 16.6 Å². The summed E-state index contributed by atoms with van der Waals surface area (Å²) in [5, 5.41) is 14.8. The molecule has 0 aliphatic rings. The zero-order valence-electron chi connectivity index (χ0n) is 14.2. The molecule has 4 nitrogen and oxygen atoms in total. The van der Waals surface area contributed by atoms with Crippen molar-refractivity contribution in [2.45, 2.75) is 13.0 Å². The number of hydrogen-bond acceptors (Lipinski definition) is 4. The molecule has 26 heavy (non-hydrogen) atoms. The number of hydrogen-bond donors (Lipinski definition) is 1. The van der Waals surface area contributed by atoms with Crippen LogP contribution < -0.4 is 5.32 Å². The quantitative estimate of drug-likeness (QED) is 0.535. The third kappa shape index (κ3) is 4.24. The fraction of sp³-hybridized carbons (Fsp3) is 0.0952. The van der Waals surface area contributed by atoms with E-state index < -0.39 is 5.91 Å². The molecule has 3 rings (SSSR count). The topological polar surface area (TPSA) is 65.8 Å². The van der Waals surface area contributed by atoms with E-state index in [0.717, 1.165) is 16.8 Å². The molecule has 0 radical (unpaired) electrons. The van der Waals surface area contributed by atoms with Gasteiger partial charge in [0.25, 0.3) is 5.91 Å². The minimum absolute atomic E-state index is 0.0433. The van der Waals surface area contributed by atoms with Crippen LogP contribution in [0.3, 0.4) is 0 Å². The predicted octanol–water partition coefficient (Wildman–Crippen LogP) is 4.59. The van der Waals surface area contributed by atoms with E-state index in [2.05, 4.69) is 10.3 Å². The number of carbonyl (C=O) groups excluding carboxylic acids is 1. The maximum Gasteiger partial charge on any atom is 0.262 e. The van der Waals surface area contributed by atoms with Crippen LogP contribution in [0.5, 0.6) is 0 Å². The van der Waals surface area contributed by atoms with Gasteiger partial charge in [0.05, 0.1) is 11.7 Å². The van der Waals surface area contributed by atoms with Crippen LogP contribution in [-0.4, -0.2) is 10.9 Å². The van der Waals surface area contributed by atoms with Crippen molar-refractivity contribution >= 4 is 23.3 Å². The van der Waals surface area contributed by atoms with Crippen molar-refractivity contribution in [1.29, 1.82) is 5.26 Å². The minimum atomic E-state index is -0.402. The molecular formula is C21H17N3OS. The van der Waals surface area contributed by atoms with E-state index in [4.69, 9.17) is 0 Å². The van der Waals surface area contributed by atoms with Crippen molar-refractivity contribution < 1.29 is 4.79 Å². The Balaban J connectivity index is 1.75. The fourth-order valence-corrected chi connectivity index (χ4v) is 3.23. The largest absolute Gasteiger partial charge is 0.345 e. The third-order valence-corrected chi connectivity index (χ3v) is 4.66. The fourth-order valence-electron chi connectivity index (χ4n) is 2.47. The number of amides is 1. The summed E-state index contributed by atoms with van der Waals surface area (Å²) >= 11 is 1.40. The summed E-state index contributed by atoms with van der Waals surface area (Å²) in [6.45, 7) is 1.89. The Bertz CT molecular complexity index is 956. The van der Waals surface area contributed by atoms with Crippen molar-refractivity contribution in [3.05, 3.63) is 82.2 Å². The first kappa shape index (κ1) is 17.6. The molecule has 1 aromatic heterocycles. The number of aromatic nitrogens is 1. The standard InChI is InChI=1S/C21H17N3OS/c1-15(16-8-4-2-5-9-16)23-21(25)18(13-22)12-20-24-19(14-26-20)17-10-6-3-7-11-17/h2-12,14-15H,1H3,(H,23,25)/b18-12-/t15-/m1/s1. The van der Waals surface area contributed by atoms with E-state index in [-0.39, 0.29) is 11.6 Å². The number of nitrogens with one attached hydrogen (secondary N) is 1. The predicted molar refractivity (Wildman–Crippen MR) is 104 cm³/mol. The van der Waals surface area contributed by atoms with Crippen molar-refractivity contribution in [2.24, 2.45) is 0 Å². The number of carbonyl (C=O) groups is 1. The molecule has 1 amide bonds. The average Bonchev–Trinajstić information content (AvgIpc) is 3.16. The van der Waals surface area contributed by atoms with Crippen LogP contribution in [0.1, 0.15) is 23.5 Å². The summed E-state index contributed by atoms with van der Waals surface area (Å²) in [4.78, 5) is 16.9. The highest BCUT2D eigenvalue weighted by Gasteiger charge is 2.14. The summed E-state index contributed by atoms with van der Waals surface area (Å²) in [5.41, 5.74) is 2.86. The Labute approximate surface area is 156 Å². The molecule has 1 atom stereocenters. The number of nitrogens with zero attached hydrogens (tertiary/aromatic N) is 2. The van der Waals surface area contributed by atoms with Gasteiger partial charge in [-0.05, 0) is 18.6 Å². The molecule has 0 fully saturated rings. The lowest BCUT2D eigenvalue weighted by Gasteiger charge is -2.13. The van der Waals surface area contributed by atoms with E-state index in [1.807, 2.05) is 79.0 Å². The SMILES string of the molecule is C[C@@H](NC(=O)/C(C#N)=C\c1nc(-c2ccccc2)cs1)c1ccccc1. The van der Waals surface area contributed by atoms with E-state index in [0.29, 0.717) is 5.01 Å². The van der Waals surface area contributed by atoms with Crippen LogP contribution in [0, 0.1) is 11.3 Å². The van der Waals surface area contributed by atoms with Crippen LogP contribution in [0.15, 0.2) is 71.6 Å². The van der Waals surface area contributed by atoms with Crippen molar-refractivity contribution in [3.63, 3.8) is 0 Å². The molecule has 3 aromatic rings. The highest BCUT2D eigenvalue weighted by molar-refractivity contribution is 7.10. The molecule has 0 bridgehead atoms. The molecule has 0 unspecified atom stereocenters. The van der Waals surface area contributed by atoms with Gasteiger partial charge in [-0.2, -0.15) is 5.26 Å². The Morgan fingerprint density at radius 1 is 1.15 bits per heavy atom. The van der Waals surface area contributed by atoms with Crippen molar-refractivity contribution in [1.82, 2.24) is 10.3 Å². The summed E-state index contributed by atoms with van der Waals surface area (Å²) in [6.07, 6.45) is 1.53. The second-order valence-electron chi connectivity index (χ2n) is 5.71. The second kappa shape index (κ2) is 8.24. The first-order chi connectivity index (χ1) is 12.7. The van der Waals surface area contributed by atoms with Crippen LogP contribution >= 0.6 is 11.3 Å². The molecule has 1 N–H and O–H groups in total. The third-order valence-electron chi connectivity index (χ3n) is 3.87. The second-order valence-corrected chi connectivity index (χ2v) is 6.60. The number of thiazole rings is 1. The normalized spacial score (nSPS) is 12.2. The summed E-state index contributed by atoms with van der Waals surface area (Å²) in [7, 11) is 0. The average molecular weight is 359 g/mol. The molecule has 0 aliphatic heterocycles. The Morgan fingerprint density at radius 3 is 2.46 bits per heavy atom. The first-order valence-corrected chi connectivity index (χ1v) is 9.04. The van der Waals surface area contributed by atoms with Gasteiger partial charge in [-0.15, -0.1) is 11.3 Å². The maximum atomic E-state index is 12.4. The molecule has 1 heterocycles. The number of nitriles is 1. The Hall–Kier alpha value is -3.23. The lowest BCUT2D eigenvalue weighted by Crippen LogP contribution is -2.27. The van der Waals surface area contributed by atoms with Gasteiger partial charge >= 0.3 is 0 Å². The highest BCUT2D eigenvalue weighted by Crippen LogP contribution is 2.23. The van der Waals surface area contributed by atoms with Gasteiger partial charge in [-0.3, -0.25) is 4.79 Å². The van der Waals surface area contributed by atoms with Crippen molar-refractivity contribution in [2.75, 3.05) is 0 Å². The zero-order valence-corrected chi connectivity index (χ0v) is 15.0. The van der Waals surface area contributed by atoms with Gasteiger partial charge in [0, 0.05) is 10.9 Å². The molecule has 5 heteroatoms. The molecule has 2 aromatic carbocycles. The number of rotatable bonds is 5. The van der Waals surface area contributed by atoms with Crippen LogP contribution in [-0.2, 0) is 4.79 Å². The Kier molecular flexibility index (Phi) is 5.57. The molecule has 0 saturated heterocycles. The smallest absolute Gasteiger partial charge is 0.262 e. The zero-order chi connectivity index (χ0) is 18.4. The van der Waals surface area contributed by atoms with Crippen molar-refractivity contribution in [3.8, 4) is 17.3 Å². The van der Waals surface area contributed by atoms with Gasteiger partial charge in [0.15, 0.2) is 0 Å². The molecule has 0 aliphatic carbocycles. The lowest BCUT2D eigenvalue weighted by molar-refractivity contribution is -0.117. The molecular weight excluding hydrogens is 342 g/mol. The Morgan fingerprint density at radius 2 is 1.81 bits per heavy atom. The monoisotopic (exact) mass is 359 g/mol. The summed E-state index contributed by atoms with van der Waals surface area (Å²) in [6, 6.07) is 21.2. The highest BCUT2D eigenvalue weighted by atomic mass is 32.1. The van der Waals surface area contributed by atoms with E-state index in [1.54, 1.807) is 0 Å². The van der Waals surface area contributed by atoms with Gasteiger partial charge in [-0.25, -0.2) is 4.98 Å².